The van der Waals surface area contributed by atoms with E-state index < -0.39 is 5.97 Å². The molecule has 1 N–H and O–H groups in total. The van der Waals surface area contributed by atoms with E-state index in [1.54, 1.807) is 6.08 Å². The molecule has 2 heteroatoms. The van der Waals surface area contributed by atoms with Crippen molar-refractivity contribution >= 4 is 12.0 Å². The predicted octanol–water partition coefficient (Wildman–Crippen LogP) is 3.10. The van der Waals surface area contributed by atoms with E-state index >= 15 is 0 Å². The van der Waals surface area contributed by atoms with Gasteiger partial charge in [-0.05, 0) is 37.5 Å². The lowest BCUT2D eigenvalue weighted by atomic mass is 9.99. The molecule has 80 valence electrons. The molecule has 0 atom stereocenters. The summed E-state index contributed by atoms with van der Waals surface area (Å²) in [5.74, 6) is -0.798. The molecule has 2 nitrogen and oxygen atoms in total. The number of carboxylic acids is 1. The molecule has 0 aromatic heterocycles. The van der Waals surface area contributed by atoms with Gasteiger partial charge in [0.05, 0.1) is 6.42 Å². The highest BCUT2D eigenvalue weighted by Gasteiger charge is 2.00. The first-order chi connectivity index (χ1) is 7.00. The van der Waals surface area contributed by atoms with E-state index in [9.17, 15) is 4.79 Å². The van der Waals surface area contributed by atoms with Crippen molar-refractivity contribution in [3.05, 3.63) is 40.5 Å². The summed E-state index contributed by atoms with van der Waals surface area (Å²) < 4.78 is 0. The van der Waals surface area contributed by atoms with Gasteiger partial charge in [-0.15, -0.1) is 0 Å². The molecule has 0 amide bonds. The zero-order valence-corrected chi connectivity index (χ0v) is 9.37. The minimum Gasteiger partial charge on any atom is -0.481 e. The maximum absolute atomic E-state index is 10.4. The van der Waals surface area contributed by atoms with Gasteiger partial charge in [0.1, 0.15) is 0 Å². The molecule has 0 aliphatic rings. The fourth-order valence-electron chi connectivity index (χ4n) is 1.73. The van der Waals surface area contributed by atoms with Gasteiger partial charge in [0, 0.05) is 0 Å². The van der Waals surface area contributed by atoms with Crippen LogP contribution in [0.1, 0.15) is 28.7 Å². The maximum atomic E-state index is 10.4. The lowest BCUT2D eigenvalue weighted by molar-refractivity contribution is -0.135. The summed E-state index contributed by atoms with van der Waals surface area (Å²) >= 11 is 0. The first-order valence-electron chi connectivity index (χ1n) is 4.97. The third-order valence-electron chi connectivity index (χ3n) is 2.32. The Kier molecular flexibility index (Phi) is 3.67. The monoisotopic (exact) mass is 204 g/mol. The number of carboxylic acid groups (broad SMARTS) is 1. The SMILES string of the molecule is Cc1cc(C)c(C=CCC(=O)O)c(C)c1. The quantitative estimate of drug-likeness (QED) is 0.821. The Morgan fingerprint density at radius 3 is 2.27 bits per heavy atom. The number of rotatable bonds is 3. The van der Waals surface area contributed by atoms with E-state index in [-0.39, 0.29) is 6.42 Å². The van der Waals surface area contributed by atoms with Crippen LogP contribution in [0, 0.1) is 20.8 Å². The average Bonchev–Trinajstić information content (AvgIpc) is 2.08. The van der Waals surface area contributed by atoms with Crippen molar-refractivity contribution in [1.82, 2.24) is 0 Å². The topological polar surface area (TPSA) is 37.3 Å². The Morgan fingerprint density at radius 1 is 1.27 bits per heavy atom. The number of hydrogen-bond donors (Lipinski definition) is 1. The largest absolute Gasteiger partial charge is 0.481 e. The number of carbonyl (C=O) groups is 1. The fraction of sp³-hybridized carbons (Fsp3) is 0.308. The number of aliphatic carboxylic acids is 1. The van der Waals surface area contributed by atoms with Crippen molar-refractivity contribution in [2.45, 2.75) is 27.2 Å². The van der Waals surface area contributed by atoms with Gasteiger partial charge in [0.25, 0.3) is 0 Å². The number of hydrogen-bond acceptors (Lipinski definition) is 1. The van der Waals surface area contributed by atoms with Crippen LogP contribution in [0.4, 0.5) is 0 Å². The van der Waals surface area contributed by atoms with E-state index in [1.165, 1.54) is 16.7 Å². The summed E-state index contributed by atoms with van der Waals surface area (Å²) in [4.78, 5) is 10.4. The first kappa shape index (κ1) is 11.5. The van der Waals surface area contributed by atoms with Crippen molar-refractivity contribution in [3.8, 4) is 0 Å². The Bertz CT molecular complexity index is 380. The van der Waals surface area contributed by atoms with Crippen molar-refractivity contribution < 1.29 is 9.90 Å². The molecular weight excluding hydrogens is 188 g/mol. The standard InChI is InChI=1S/C13H16O2/c1-9-7-10(2)12(11(3)8-9)5-4-6-13(14)15/h4-5,7-8H,6H2,1-3H3,(H,14,15). The fourth-order valence-corrected chi connectivity index (χ4v) is 1.73. The molecule has 0 heterocycles. The smallest absolute Gasteiger partial charge is 0.307 e. The molecule has 0 radical (unpaired) electrons. The molecular formula is C13H16O2. The van der Waals surface area contributed by atoms with Crippen LogP contribution in [-0.4, -0.2) is 11.1 Å². The molecule has 0 spiro atoms. The summed E-state index contributed by atoms with van der Waals surface area (Å²) in [6.07, 6.45) is 3.65. The minimum absolute atomic E-state index is 0.0761. The Hall–Kier alpha value is -1.57. The average molecular weight is 204 g/mol. The van der Waals surface area contributed by atoms with Gasteiger partial charge in [-0.25, -0.2) is 0 Å². The van der Waals surface area contributed by atoms with Gasteiger partial charge >= 0.3 is 5.97 Å². The van der Waals surface area contributed by atoms with Gasteiger partial charge in [0.2, 0.25) is 0 Å². The molecule has 0 aliphatic heterocycles. The van der Waals surface area contributed by atoms with E-state index in [0.717, 1.165) is 5.56 Å². The Labute approximate surface area is 90.3 Å². The molecule has 1 aromatic carbocycles. The van der Waals surface area contributed by atoms with Crippen LogP contribution in [0.5, 0.6) is 0 Å². The summed E-state index contributed by atoms with van der Waals surface area (Å²) in [5, 5.41) is 8.52. The van der Waals surface area contributed by atoms with Crippen LogP contribution in [0.15, 0.2) is 18.2 Å². The molecule has 0 fully saturated rings. The number of benzene rings is 1. The second kappa shape index (κ2) is 4.78. The molecule has 0 unspecified atom stereocenters. The van der Waals surface area contributed by atoms with Crippen molar-refractivity contribution in [2.75, 3.05) is 0 Å². The third-order valence-corrected chi connectivity index (χ3v) is 2.32. The zero-order chi connectivity index (χ0) is 11.4. The minimum atomic E-state index is -0.798. The zero-order valence-electron chi connectivity index (χ0n) is 9.37. The lowest BCUT2D eigenvalue weighted by Crippen LogP contribution is -1.91. The Morgan fingerprint density at radius 2 is 1.80 bits per heavy atom. The predicted molar refractivity (Wildman–Crippen MR) is 61.9 cm³/mol. The molecule has 0 aliphatic carbocycles. The van der Waals surface area contributed by atoms with Crippen molar-refractivity contribution in [1.29, 1.82) is 0 Å². The molecule has 15 heavy (non-hydrogen) atoms. The summed E-state index contributed by atoms with van der Waals surface area (Å²) in [7, 11) is 0. The summed E-state index contributed by atoms with van der Waals surface area (Å²) in [6, 6.07) is 4.21. The highest BCUT2D eigenvalue weighted by molar-refractivity contribution is 5.71. The van der Waals surface area contributed by atoms with E-state index in [2.05, 4.69) is 19.1 Å². The van der Waals surface area contributed by atoms with Gasteiger partial charge in [-0.1, -0.05) is 29.8 Å². The molecule has 0 saturated heterocycles. The van der Waals surface area contributed by atoms with Crippen LogP contribution in [0.2, 0.25) is 0 Å². The first-order valence-corrected chi connectivity index (χ1v) is 4.97. The van der Waals surface area contributed by atoms with Gasteiger partial charge in [0.15, 0.2) is 0 Å². The maximum Gasteiger partial charge on any atom is 0.307 e. The van der Waals surface area contributed by atoms with Crippen LogP contribution in [-0.2, 0) is 4.79 Å². The van der Waals surface area contributed by atoms with Crippen LogP contribution >= 0.6 is 0 Å². The van der Waals surface area contributed by atoms with Crippen molar-refractivity contribution in [2.24, 2.45) is 0 Å². The van der Waals surface area contributed by atoms with Gasteiger partial charge in [-0.3, -0.25) is 4.79 Å². The van der Waals surface area contributed by atoms with E-state index in [0.29, 0.717) is 0 Å². The van der Waals surface area contributed by atoms with Crippen LogP contribution in [0.25, 0.3) is 6.08 Å². The van der Waals surface area contributed by atoms with E-state index in [4.69, 9.17) is 5.11 Å². The van der Waals surface area contributed by atoms with Gasteiger partial charge in [-0.2, -0.15) is 0 Å². The lowest BCUT2D eigenvalue weighted by Gasteiger charge is -2.06. The second-order valence-electron chi connectivity index (χ2n) is 3.81. The molecule has 1 aromatic rings. The van der Waals surface area contributed by atoms with E-state index in [1.807, 2.05) is 19.9 Å². The molecule has 0 saturated carbocycles. The Balaban J connectivity index is 2.94. The van der Waals surface area contributed by atoms with Crippen LogP contribution in [0.3, 0.4) is 0 Å². The highest BCUT2D eigenvalue weighted by Crippen LogP contribution is 2.17. The number of aryl methyl sites for hydroxylation is 3. The van der Waals surface area contributed by atoms with Crippen molar-refractivity contribution in [3.63, 3.8) is 0 Å². The summed E-state index contributed by atoms with van der Waals surface area (Å²) in [5.41, 5.74) is 4.74. The summed E-state index contributed by atoms with van der Waals surface area (Å²) in [6.45, 7) is 6.14. The third kappa shape index (κ3) is 3.24. The van der Waals surface area contributed by atoms with Crippen LogP contribution < -0.4 is 0 Å². The van der Waals surface area contributed by atoms with Gasteiger partial charge < -0.3 is 5.11 Å². The normalized spacial score (nSPS) is 10.9. The molecule has 1 rings (SSSR count). The second-order valence-corrected chi connectivity index (χ2v) is 3.81. The molecule has 0 bridgehead atoms. The highest BCUT2D eigenvalue weighted by atomic mass is 16.4.